The molecule has 1 aliphatic heterocycles. The zero-order valence-corrected chi connectivity index (χ0v) is 21.3. The molecule has 0 amide bonds. The lowest BCUT2D eigenvalue weighted by atomic mass is 10.1. The molecule has 3 aromatic carbocycles. The minimum Gasteiger partial charge on any atom is -0.403 e. The van der Waals surface area contributed by atoms with Crippen LogP contribution in [-0.2, 0) is 9.22 Å². The lowest BCUT2D eigenvalue weighted by Crippen LogP contribution is -2.67. The Morgan fingerprint density at radius 3 is 1.85 bits per heavy atom. The minimum absolute atomic E-state index is 0.0138. The molecule has 4 rings (SSSR count). The number of Topliss-reactive ketones (excluding diaryl/α,β-unsaturated/α-hetero) is 1. The van der Waals surface area contributed by atoms with Crippen molar-refractivity contribution < 1.29 is 9.22 Å². The average molecular weight is 478 g/mol. The molecule has 1 fully saturated rings. The third-order valence-corrected chi connectivity index (χ3v) is 12.0. The number of alkyl halides is 1. The minimum atomic E-state index is -2.69. The van der Waals surface area contributed by atoms with Crippen molar-refractivity contribution in [3.63, 3.8) is 0 Å². The molecule has 1 heterocycles. The number of rotatable bonds is 7. The van der Waals surface area contributed by atoms with Gasteiger partial charge in [-0.1, -0.05) is 99.6 Å². The van der Waals surface area contributed by atoms with Crippen LogP contribution < -0.4 is 15.3 Å². The van der Waals surface area contributed by atoms with Crippen molar-refractivity contribution in [2.24, 2.45) is 0 Å². The van der Waals surface area contributed by atoms with Gasteiger partial charge in [-0.05, 0) is 27.5 Å². The Morgan fingerprint density at radius 1 is 0.909 bits per heavy atom. The number of carbonyl (C=O) groups excluding carboxylic acids is 1. The van der Waals surface area contributed by atoms with E-state index in [9.17, 15) is 4.79 Å². The highest BCUT2D eigenvalue weighted by molar-refractivity contribution is 6.99. The Morgan fingerprint density at radius 2 is 1.39 bits per heavy atom. The van der Waals surface area contributed by atoms with Gasteiger partial charge in [-0.15, -0.1) is 11.6 Å². The van der Waals surface area contributed by atoms with E-state index in [4.69, 9.17) is 16.0 Å². The Balaban J connectivity index is 1.78. The fraction of sp³-hybridized carbons (Fsp3) is 0.321. The van der Waals surface area contributed by atoms with Crippen LogP contribution in [0.2, 0.25) is 5.04 Å². The maximum Gasteiger partial charge on any atom is 0.261 e. The van der Waals surface area contributed by atoms with Crippen molar-refractivity contribution in [1.29, 1.82) is 0 Å². The Hall–Kier alpha value is -2.40. The van der Waals surface area contributed by atoms with E-state index in [1.807, 2.05) is 18.2 Å². The quantitative estimate of drug-likeness (QED) is 0.353. The monoisotopic (exact) mass is 477 g/mol. The van der Waals surface area contributed by atoms with E-state index in [0.29, 0.717) is 13.0 Å². The molecule has 0 saturated carbocycles. The average Bonchev–Trinajstić information content (AvgIpc) is 3.27. The first kappa shape index (κ1) is 23.7. The number of nitrogens with zero attached hydrogens (tertiary/aromatic N) is 1. The number of hydrogen-bond acceptors (Lipinski definition) is 3. The van der Waals surface area contributed by atoms with Gasteiger partial charge in [0.2, 0.25) is 0 Å². The van der Waals surface area contributed by atoms with Crippen LogP contribution in [0.5, 0.6) is 0 Å². The van der Waals surface area contributed by atoms with Crippen LogP contribution >= 0.6 is 11.6 Å². The van der Waals surface area contributed by atoms with Gasteiger partial charge < -0.3 is 9.33 Å². The first-order chi connectivity index (χ1) is 15.9. The first-order valence-corrected chi connectivity index (χ1v) is 14.0. The highest BCUT2D eigenvalue weighted by Crippen LogP contribution is 2.39. The second kappa shape index (κ2) is 9.84. The summed E-state index contributed by atoms with van der Waals surface area (Å²) in [7, 11) is -2.69. The normalized spacial score (nSPS) is 19.0. The zero-order chi connectivity index (χ0) is 23.5. The molecule has 172 valence electrons. The highest BCUT2D eigenvalue weighted by atomic mass is 35.5. The summed E-state index contributed by atoms with van der Waals surface area (Å²) in [5.41, 5.74) is 1.04. The summed E-state index contributed by atoms with van der Waals surface area (Å²) in [6.07, 6.45) is 0.568. The lowest BCUT2D eigenvalue weighted by Gasteiger charge is -2.44. The van der Waals surface area contributed by atoms with Gasteiger partial charge in [0.05, 0.1) is 18.0 Å². The van der Waals surface area contributed by atoms with Crippen LogP contribution in [-0.4, -0.2) is 38.7 Å². The van der Waals surface area contributed by atoms with Gasteiger partial charge in [-0.3, -0.25) is 4.79 Å². The summed E-state index contributed by atoms with van der Waals surface area (Å²) < 4.78 is 7.31. The van der Waals surface area contributed by atoms with E-state index < -0.39 is 8.32 Å². The summed E-state index contributed by atoms with van der Waals surface area (Å²) in [4.78, 5) is 15.0. The van der Waals surface area contributed by atoms with E-state index in [0.717, 1.165) is 5.69 Å². The van der Waals surface area contributed by atoms with E-state index in [1.165, 1.54) is 10.4 Å². The molecule has 0 aliphatic carbocycles. The van der Waals surface area contributed by atoms with E-state index in [1.54, 1.807) is 0 Å². The van der Waals surface area contributed by atoms with E-state index >= 15 is 0 Å². The SMILES string of the molecule is CC(C)(C)[Si](O[C@H]1C[C@H](C(=O)CCl)N(c2ccccc2)C1)(c1ccccc1)c1ccccc1. The molecule has 0 bridgehead atoms. The summed E-state index contributed by atoms with van der Waals surface area (Å²) in [5, 5.41) is 2.39. The molecule has 0 radical (unpaired) electrons. The molecule has 3 aromatic rings. The number of carbonyl (C=O) groups is 1. The predicted molar refractivity (Wildman–Crippen MR) is 140 cm³/mol. The van der Waals surface area contributed by atoms with Crippen LogP contribution in [0.15, 0.2) is 91.0 Å². The van der Waals surface area contributed by atoms with Crippen LogP contribution in [0.4, 0.5) is 5.69 Å². The second-order valence-corrected chi connectivity index (χ2v) is 14.3. The molecule has 1 saturated heterocycles. The van der Waals surface area contributed by atoms with Crippen molar-refractivity contribution in [1.82, 2.24) is 0 Å². The Bertz CT molecular complexity index is 1010. The summed E-state index contributed by atoms with van der Waals surface area (Å²) in [6, 6.07) is 31.2. The third-order valence-electron chi connectivity index (χ3n) is 6.61. The summed E-state index contributed by atoms with van der Waals surface area (Å²) >= 11 is 6.02. The van der Waals surface area contributed by atoms with Crippen LogP contribution in [0.25, 0.3) is 0 Å². The van der Waals surface area contributed by atoms with Gasteiger partial charge in [0.15, 0.2) is 5.78 Å². The number of para-hydroxylation sites is 1. The van der Waals surface area contributed by atoms with Crippen LogP contribution in [0, 0.1) is 0 Å². The predicted octanol–water partition coefficient (Wildman–Crippen LogP) is 5.02. The van der Waals surface area contributed by atoms with Crippen LogP contribution in [0.3, 0.4) is 0 Å². The Labute approximate surface area is 203 Å². The van der Waals surface area contributed by atoms with Crippen molar-refractivity contribution in [3.8, 4) is 0 Å². The molecular weight excluding hydrogens is 446 g/mol. The van der Waals surface area contributed by atoms with Gasteiger partial charge in [0.25, 0.3) is 8.32 Å². The molecule has 0 N–H and O–H groups in total. The van der Waals surface area contributed by atoms with E-state index in [2.05, 4.69) is 98.5 Å². The maximum atomic E-state index is 12.8. The third kappa shape index (κ3) is 4.65. The summed E-state index contributed by atoms with van der Waals surface area (Å²) in [6.45, 7) is 7.52. The largest absolute Gasteiger partial charge is 0.403 e. The van der Waals surface area contributed by atoms with Gasteiger partial charge in [0.1, 0.15) is 0 Å². The van der Waals surface area contributed by atoms with Gasteiger partial charge in [-0.2, -0.15) is 0 Å². The lowest BCUT2D eigenvalue weighted by molar-refractivity contribution is -0.117. The van der Waals surface area contributed by atoms with E-state index in [-0.39, 0.29) is 28.8 Å². The number of hydrogen-bond donors (Lipinski definition) is 0. The maximum absolute atomic E-state index is 12.8. The van der Waals surface area contributed by atoms with Crippen molar-refractivity contribution in [2.75, 3.05) is 17.3 Å². The van der Waals surface area contributed by atoms with Gasteiger partial charge in [0, 0.05) is 18.7 Å². The zero-order valence-electron chi connectivity index (χ0n) is 19.6. The molecule has 2 atom stereocenters. The molecule has 5 heteroatoms. The first-order valence-electron chi connectivity index (χ1n) is 11.6. The molecule has 0 spiro atoms. The molecule has 33 heavy (non-hydrogen) atoms. The number of ketones is 1. The smallest absolute Gasteiger partial charge is 0.261 e. The summed E-state index contributed by atoms with van der Waals surface area (Å²) in [5.74, 6) is 0.0639. The van der Waals surface area contributed by atoms with Crippen molar-refractivity contribution in [2.45, 2.75) is 44.4 Å². The molecule has 3 nitrogen and oxygen atoms in total. The molecule has 0 aromatic heterocycles. The van der Waals surface area contributed by atoms with Crippen LogP contribution in [0.1, 0.15) is 27.2 Å². The molecule has 0 unspecified atom stereocenters. The van der Waals surface area contributed by atoms with Gasteiger partial charge >= 0.3 is 0 Å². The van der Waals surface area contributed by atoms with Crippen molar-refractivity contribution in [3.05, 3.63) is 91.0 Å². The molecule has 1 aliphatic rings. The molecular formula is C28H32ClNO2Si. The number of halogens is 1. The fourth-order valence-electron chi connectivity index (χ4n) is 5.12. The number of benzene rings is 3. The second-order valence-electron chi connectivity index (χ2n) is 9.74. The van der Waals surface area contributed by atoms with Crippen molar-refractivity contribution >= 4 is 41.8 Å². The standard InChI is InChI=1S/C28H32ClNO2Si/c1-28(2,3)33(24-15-9-5-10-16-24,25-17-11-6-12-18-25)32-23-19-26(27(31)20-29)30(21-23)22-13-7-4-8-14-22/h4-18,23,26H,19-21H2,1-3H3/t23-,26+/m0/s1. The fourth-order valence-corrected chi connectivity index (χ4v) is 9.99. The highest BCUT2D eigenvalue weighted by Gasteiger charge is 2.53. The number of anilines is 1. The Kier molecular flexibility index (Phi) is 7.08. The topological polar surface area (TPSA) is 29.5 Å². The van der Waals surface area contributed by atoms with Gasteiger partial charge in [-0.25, -0.2) is 0 Å².